The Morgan fingerprint density at radius 3 is 2.85 bits per heavy atom. The summed E-state index contributed by atoms with van der Waals surface area (Å²) in [5.41, 5.74) is 5.68. The average Bonchev–Trinajstić information content (AvgIpc) is 2.68. The van der Waals surface area contributed by atoms with Crippen molar-refractivity contribution < 1.29 is 14.3 Å². The minimum absolute atomic E-state index is 0.132. The van der Waals surface area contributed by atoms with Crippen molar-refractivity contribution in [3.05, 3.63) is 58.6 Å². The highest BCUT2D eigenvalue weighted by Gasteiger charge is 2.11. The van der Waals surface area contributed by atoms with Gasteiger partial charge in [-0.05, 0) is 48.4 Å². The molecule has 1 fully saturated rings. The summed E-state index contributed by atoms with van der Waals surface area (Å²) in [4.78, 5) is 14.1. The predicted molar refractivity (Wildman–Crippen MR) is 107 cm³/mol. The number of carbonyl (C=O) groups is 1. The molecule has 1 heterocycles. The summed E-state index contributed by atoms with van der Waals surface area (Å²) < 4.78 is 10.8. The molecule has 0 aliphatic carbocycles. The van der Waals surface area contributed by atoms with E-state index in [0.29, 0.717) is 10.8 Å². The number of anilines is 1. The fraction of sp³-hybridized carbons (Fsp3) is 0.300. The first kappa shape index (κ1) is 19.2. The maximum absolute atomic E-state index is 11.8. The topological polar surface area (TPSA) is 63.2 Å². The van der Waals surface area contributed by atoms with Crippen LogP contribution < -0.4 is 15.1 Å². The van der Waals surface area contributed by atoms with Crippen molar-refractivity contribution in [1.82, 2.24) is 5.43 Å². The second-order valence-corrected chi connectivity index (χ2v) is 6.62. The summed E-state index contributed by atoms with van der Waals surface area (Å²) in [5, 5.41) is 4.57. The molecule has 0 saturated carbocycles. The number of hydrazone groups is 1. The van der Waals surface area contributed by atoms with E-state index in [0.717, 1.165) is 37.4 Å². The third kappa shape index (κ3) is 5.70. The van der Waals surface area contributed by atoms with Crippen LogP contribution in [0.15, 0.2) is 47.6 Å². The predicted octanol–water partition coefficient (Wildman–Crippen LogP) is 3.01. The Morgan fingerprint density at radius 1 is 1.30 bits per heavy atom. The van der Waals surface area contributed by atoms with Gasteiger partial charge in [0.25, 0.3) is 5.91 Å². The number of amides is 1. The third-order valence-electron chi connectivity index (χ3n) is 4.19. The van der Waals surface area contributed by atoms with E-state index in [1.165, 1.54) is 5.69 Å². The SMILES string of the molecule is Cc1cc(N2CCOCC2)ccc1/C=N/NC(=O)COc1cccc(Cl)c1. The molecule has 1 aliphatic heterocycles. The van der Waals surface area contributed by atoms with Crippen molar-refractivity contribution in [3.63, 3.8) is 0 Å². The van der Waals surface area contributed by atoms with Crippen molar-refractivity contribution in [2.45, 2.75) is 6.92 Å². The molecule has 1 amide bonds. The Labute approximate surface area is 163 Å². The van der Waals surface area contributed by atoms with E-state index in [1.807, 2.05) is 13.0 Å². The monoisotopic (exact) mass is 387 g/mol. The first-order chi connectivity index (χ1) is 13.1. The number of hydrogen-bond acceptors (Lipinski definition) is 5. The van der Waals surface area contributed by atoms with Crippen LogP contribution in [-0.2, 0) is 9.53 Å². The van der Waals surface area contributed by atoms with Crippen LogP contribution in [-0.4, -0.2) is 45.0 Å². The largest absolute Gasteiger partial charge is 0.484 e. The number of ether oxygens (including phenoxy) is 2. The highest BCUT2D eigenvalue weighted by Crippen LogP contribution is 2.19. The van der Waals surface area contributed by atoms with Gasteiger partial charge >= 0.3 is 0 Å². The zero-order chi connectivity index (χ0) is 19.1. The summed E-state index contributed by atoms with van der Waals surface area (Å²) in [6.07, 6.45) is 1.63. The summed E-state index contributed by atoms with van der Waals surface area (Å²) in [6, 6.07) is 13.1. The molecule has 1 N–H and O–H groups in total. The smallest absolute Gasteiger partial charge is 0.277 e. The first-order valence-electron chi connectivity index (χ1n) is 8.75. The molecule has 7 heteroatoms. The fourth-order valence-electron chi connectivity index (χ4n) is 2.73. The molecule has 2 aromatic carbocycles. The lowest BCUT2D eigenvalue weighted by Gasteiger charge is -2.29. The van der Waals surface area contributed by atoms with Gasteiger partial charge in [0.1, 0.15) is 5.75 Å². The molecule has 0 radical (unpaired) electrons. The van der Waals surface area contributed by atoms with E-state index < -0.39 is 0 Å². The van der Waals surface area contributed by atoms with Crippen molar-refractivity contribution in [2.24, 2.45) is 5.10 Å². The molecule has 0 aromatic heterocycles. The molecule has 0 bridgehead atoms. The van der Waals surface area contributed by atoms with Crippen molar-refractivity contribution in [3.8, 4) is 5.75 Å². The number of nitrogens with one attached hydrogen (secondary N) is 1. The van der Waals surface area contributed by atoms with E-state index in [2.05, 4.69) is 27.6 Å². The minimum Gasteiger partial charge on any atom is -0.484 e. The van der Waals surface area contributed by atoms with E-state index in [4.69, 9.17) is 21.1 Å². The van der Waals surface area contributed by atoms with Crippen LogP contribution in [0.2, 0.25) is 5.02 Å². The van der Waals surface area contributed by atoms with E-state index in [9.17, 15) is 4.79 Å². The van der Waals surface area contributed by atoms with Crippen LogP contribution in [0.3, 0.4) is 0 Å². The van der Waals surface area contributed by atoms with Gasteiger partial charge in [-0.25, -0.2) is 5.43 Å². The van der Waals surface area contributed by atoms with Gasteiger partial charge in [-0.2, -0.15) is 5.10 Å². The van der Waals surface area contributed by atoms with Crippen LogP contribution >= 0.6 is 11.6 Å². The minimum atomic E-state index is -0.339. The maximum atomic E-state index is 11.8. The summed E-state index contributed by atoms with van der Waals surface area (Å²) >= 11 is 5.87. The summed E-state index contributed by atoms with van der Waals surface area (Å²) in [5.74, 6) is 0.199. The molecule has 6 nitrogen and oxygen atoms in total. The zero-order valence-electron chi connectivity index (χ0n) is 15.2. The van der Waals surface area contributed by atoms with Gasteiger partial charge in [-0.3, -0.25) is 4.79 Å². The van der Waals surface area contributed by atoms with E-state index in [1.54, 1.807) is 30.5 Å². The molecular formula is C20H22ClN3O3. The van der Waals surface area contributed by atoms with E-state index >= 15 is 0 Å². The number of nitrogens with zero attached hydrogens (tertiary/aromatic N) is 2. The van der Waals surface area contributed by atoms with Crippen LogP contribution in [0.25, 0.3) is 0 Å². The lowest BCUT2D eigenvalue weighted by molar-refractivity contribution is -0.123. The van der Waals surface area contributed by atoms with Gasteiger partial charge in [0.2, 0.25) is 0 Å². The zero-order valence-corrected chi connectivity index (χ0v) is 15.9. The highest BCUT2D eigenvalue weighted by molar-refractivity contribution is 6.30. The number of carbonyl (C=O) groups excluding carboxylic acids is 1. The molecule has 27 heavy (non-hydrogen) atoms. The standard InChI is InChI=1S/C20H22ClN3O3/c1-15-11-18(24-7-9-26-10-8-24)6-5-16(15)13-22-23-20(25)14-27-19-4-2-3-17(21)12-19/h2-6,11-13H,7-10,14H2,1H3,(H,23,25)/b22-13+. The van der Waals surface area contributed by atoms with Crippen molar-refractivity contribution in [2.75, 3.05) is 37.8 Å². The molecule has 0 spiro atoms. The molecule has 2 aromatic rings. The lowest BCUT2D eigenvalue weighted by atomic mass is 10.1. The maximum Gasteiger partial charge on any atom is 0.277 e. The van der Waals surface area contributed by atoms with Crippen molar-refractivity contribution in [1.29, 1.82) is 0 Å². The van der Waals surface area contributed by atoms with Crippen molar-refractivity contribution >= 4 is 29.4 Å². The Morgan fingerprint density at radius 2 is 2.11 bits per heavy atom. The first-order valence-corrected chi connectivity index (χ1v) is 9.13. The van der Waals surface area contributed by atoms with Gasteiger partial charge in [0.05, 0.1) is 19.4 Å². The number of hydrogen-bond donors (Lipinski definition) is 1. The van der Waals surface area contributed by atoms with Gasteiger partial charge in [-0.1, -0.05) is 23.7 Å². The van der Waals surface area contributed by atoms with Crippen LogP contribution in [0.5, 0.6) is 5.75 Å². The molecule has 0 atom stereocenters. The highest BCUT2D eigenvalue weighted by atomic mass is 35.5. The number of rotatable bonds is 6. The van der Waals surface area contributed by atoms with Gasteiger partial charge in [-0.15, -0.1) is 0 Å². The second-order valence-electron chi connectivity index (χ2n) is 6.18. The lowest BCUT2D eigenvalue weighted by Crippen LogP contribution is -2.36. The normalized spacial score (nSPS) is 14.4. The van der Waals surface area contributed by atoms with Crippen LogP contribution in [0, 0.1) is 6.92 Å². The quantitative estimate of drug-likeness (QED) is 0.611. The summed E-state index contributed by atoms with van der Waals surface area (Å²) in [6.45, 7) is 5.20. The molecule has 3 rings (SSSR count). The van der Waals surface area contributed by atoms with Gasteiger partial charge in [0, 0.05) is 23.8 Å². The van der Waals surface area contributed by atoms with Crippen LogP contribution in [0.4, 0.5) is 5.69 Å². The van der Waals surface area contributed by atoms with Crippen LogP contribution in [0.1, 0.15) is 11.1 Å². The molecule has 1 aliphatic rings. The van der Waals surface area contributed by atoms with Gasteiger partial charge < -0.3 is 14.4 Å². The molecular weight excluding hydrogens is 366 g/mol. The molecule has 142 valence electrons. The molecule has 1 saturated heterocycles. The van der Waals surface area contributed by atoms with Gasteiger partial charge in [0.15, 0.2) is 6.61 Å². The summed E-state index contributed by atoms with van der Waals surface area (Å²) in [7, 11) is 0. The number of benzene rings is 2. The third-order valence-corrected chi connectivity index (χ3v) is 4.42. The molecule has 0 unspecified atom stereocenters. The fourth-order valence-corrected chi connectivity index (χ4v) is 2.92. The second kappa shape index (κ2) is 9.39. The number of morpholine rings is 1. The number of aryl methyl sites for hydroxylation is 1. The Kier molecular flexibility index (Phi) is 6.68. The average molecular weight is 388 g/mol. The van der Waals surface area contributed by atoms with E-state index in [-0.39, 0.29) is 12.5 Å². The Hall–Kier alpha value is -2.57. The Balaban J connectivity index is 1.50. The number of halogens is 1. The Bertz CT molecular complexity index is 820.